The van der Waals surface area contributed by atoms with Gasteiger partial charge in [0.25, 0.3) is 0 Å². The van der Waals surface area contributed by atoms with E-state index in [1.165, 1.54) is 0 Å². The smallest absolute Gasteiger partial charge is 0.358 e. The lowest BCUT2D eigenvalue weighted by Crippen LogP contribution is -2.32. The molecule has 0 heterocycles. The molecule has 1 atom stereocenters. The van der Waals surface area contributed by atoms with Gasteiger partial charge in [0.05, 0.1) is 6.61 Å². The zero-order valence-corrected chi connectivity index (χ0v) is 7.36. The first-order valence-corrected chi connectivity index (χ1v) is 3.88. The van der Waals surface area contributed by atoms with E-state index < -0.39 is 18.0 Å². The minimum atomic E-state index is -1.00. The molecule has 6 nitrogen and oxygen atoms in total. The maximum absolute atomic E-state index is 10.8. The molecule has 0 amide bonds. The molecule has 0 saturated carbocycles. The van der Waals surface area contributed by atoms with Crippen molar-refractivity contribution in [2.45, 2.75) is 25.8 Å². The fourth-order valence-electron chi connectivity index (χ4n) is 0.576. The molecule has 0 aliphatic rings. The van der Waals surface area contributed by atoms with Gasteiger partial charge in [-0.05, 0) is 13.3 Å². The quantitative estimate of drug-likeness (QED) is 0.440. The fraction of sp³-hybridized carbons (Fsp3) is 0.714. The Morgan fingerprint density at radius 2 is 2.15 bits per heavy atom. The van der Waals surface area contributed by atoms with Gasteiger partial charge in [0.15, 0.2) is 0 Å². The Balaban J connectivity index is 3.62. The van der Waals surface area contributed by atoms with Crippen molar-refractivity contribution < 1.29 is 24.5 Å². The molecule has 0 aliphatic carbocycles. The summed E-state index contributed by atoms with van der Waals surface area (Å²) in [5.74, 6) is -1.75. The lowest BCUT2D eigenvalue weighted by Gasteiger charge is -2.07. The lowest BCUT2D eigenvalue weighted by molar-refractivity contribution is -0.270. The molecule has 0 fully saturated rings. The summed E-state index contributed by atoms with van der Waals surface area (Å²) in [7, 11) is 0. The first kappa shape index (κ1) is 11.9. The normalized spacial score (nSPS) is 12.2. The van der Waals surface area contributed by atoms with Gasteiger partial charge >= 0.3 is 11.9 Å². The van der Waals surface area contributed by atoms with Crippen LogP contribution in [0.2, 0.25) is 0 Å². The molecule has 0 aromatic rings. The van der Waals surface area contributed by atoms with Crippen LogP contribution in [0.4, 0.5) is 0 Å². The Kier molecular flexibility index (Phi) is 5.82. The molecule has 0 rings (SSSR count). The molecule has 0 aliphatic heterocycles. The molecule has 0 bridgehead atoms. The van der Waals surface area contributed by atoms with Gasteiger partial charge in [-0.3, -0.25) is 9.68 Å². The predicted octanol–water partition coefficient (Wildman–Crippen LogP) is -0.327. The summed E-state index contributed by atoms with van der Waals surface area (Å²) in [5.41, 5.74) is 5.29. The highest BCUT2D eigenvalue weighted by atomic mass is 17.2. The van der Waals surface area contributed by atoms with Gasteiger partial charge in [0, 0.05) is 6.42 Å². The molecule has 0 radical (unpaired) electrons. The average molecular weight is 191 g/mol. The molecule has 0 spiro atoms. The maximum Gasteiger partial charge on any atom is 0.358 e. The second-order valence-corrected chi connectivity index (χ2v) is 2.35. The van der Waals surface area contributed by atoms with Crippen LogP contribution in [0.3, 0.4) is 0 Å². The zero-order chi connectivity index (χ0) is 10.3. The number of carboxylic acid groups (broad SMARTS) is 1. The highest BCUT2D eigenvalue weighted by Gasteiger charge is 2.16. The number of nitrogens with two attached hydrogens (primary N) is 1. The van der Waals surface area contributed by atoms with E-state index in [1.54, 1.807) is 6.92 Å². The Labute approximate surface area is 75.5 Å². The highest BCUT2D eigenvalue weighted by Crippen LogP contribution is 1.97. The topological polar surface area (TPSA) is 98.9 Å². The van der Waals surface area contributed by atoms with Crippen molar-refractivity contribution in [3.8, 4) is 0 Å². The summed E-state index contributed by atoms with van der Waals surface area (Å²) in [5, 5.41) is 8.28. The standard InChI is InChI=1S/C7H13NO5/c1-2-12-13-7(11)5(8)3-4-6(9)10/h5H,2-4,8H2,1H3,(H,9,10). The van der Waals surface area contributed by atoms with E-state index in [1.807, 2.05) is 0 Å². The largest absolute Gasteiger partial charge is 0.481 e. The van der Waals surface area contributed by atoms with Gasteiger partial charge in [0.1, 0.15) is 6.04 Å². The molecular formula is C7H13NO5. The summed E-state index contributed by atoms with van der Waals surface area (Å²) in [6.45, 7) is 1.88. The van der Waals surface area contributed by atoms with Crippen LogP contribution in [-0.4, -0.2) is 29.7 Å². The van der Waals surface area contributed by atoms with Crippen LogP contribution in [0.25, 0.3) is 0 Å². The molecule has 0 saturated heterocycles. The number of hydrogen-bond donors (Lipinski definition) is 2. The third kappa shape index (κ3) is 6.06. The highest BCUT2D eigenvalue weighted by molar-refractivity contribution is 5.76. The van der Waals surface area contributed by atoms with Crippen molar-refractivity contribution in [3.05, 3.63) is 0 Å². The summed E-state index contributed by atoms with van der Waals surface area (Å²) in [6, 6.07) is -0.942. The Hall–Kier alpha value is -1.14. The molecular weight excluding hydrogens is 178 g/mol. The van der Waals surface area contributed by atoms with Gasteiger partial charge in [-0.1, -0.05) is 0 Å². The number of aliphatic carboxylic acids is 1. The molecule has 6 heteroatoms. The van der Waals surface area contributed by atoms with Crippen LogP contribution in [-0.2, 0) is 19.4 Å². The molecule has 76 valence electrons. The molecule has 13 heavy (non-hydrogen) atoms. The van der Waals surface area contributed by atoms with E-state index in [0.717, 1.165) is 0 Å². The van der Waals surface area contributed by atoms with Crippen molar-refractivity contribution in [3.63, 3.8) is 0 Å². The van der Waals surface area contributed by atoms with Gasteiger partial charge in [-0.15, -0.1) is 0 Å². The minimum absolute atomic E-state index is 0.0429. The molecule has 0 aromatic heterocycles. The van der Waals surface area contributed by atoms with E-state index in [2.05, 4.69) is 9.78 Å². The SMILES string of the molecule is CCOOC(=O)C(N)CCC(=O)O. The van der Waals surface area contributed by atoms with Crippen molar-refractivity contribution in [2.24, 2.45) is 5.73 Å². The van der Waals surface area contributed by atoms with Crippen LogP contribution in [0.1, 0.15) is 19.8 Å². The number of carboxylic acids is 1. The van der Waals surface area contributed by atoms with Crippen molar-refractivity contribution >= 4 is 11.9 Å². The van der Waals surface area contributed by atoms with Crippen molar-refractivity contribution in [2.75, 3.05) is 6.61 Å². The van der Waals surface area contributed by atoms with E-state index in [-0.39, 0.29) is 19.4 Å². The number of hydrogen-bond acceptors (Lipinski definition) is 5. The van der Waals surface area contributed by atoms with Crippen molar-refractivity contribution in [1.82, 2.24) is 0 Å². The Morgan fingerprint density at radius 1 is 1.54 bits per heavy atom. The first-order chi connectivity index (χ1) is 6.07. The average Bonchev–Trinajstić information content (AvgIpc) is 2.10. The van der Waals surface area contributed by atoms with E-state index in [0.29, 0.717) is 0 Å². The molecule has 1 unspecified atom stereocenters. The van der Waals surface area contributed by atoms with Gasteiger partial charge in [0.2, 0.25) is 0 Å². The number of carbonyl (C=O) groups excluding carboxylic acids is 1. The minimum Gasteiger partial charge on any atom is -0.481 e. The summed E-state index contributed by atoms with van der Waals surface area (Å²) < 4.78 is 0. The predicted molar refractivity (Wildman–Crippen MR) is 42.6 cm³/mol. The summed E-state index contributed by atoms with van der Waals surface area (Å²) in [6.07, 6.45) is -0.121. The van der Waals surface area contributed by atoms with Gasteiger partial charge in [-0.25, -0.2) is 4.79 Å². The van der Waals surface area contributed by atoms with Gasteiger partial charge < -0.3 is 10.8 Å². The monoisotopic (exact) mass is 191 g/mol. The fourth-order valence-corrected chi connectivity index (χ4v) is 0.576. The van der Waals surface area contributed by atoms with Crippen LogP contribution >= 0.6 is 0 Å². The number of rotatable bonds is 6. The zero-order valence-electron chi connectivity index (χ0n) is 7.36. The van der Waals surface area contributed by atoms with Crippen LogP contribution in [0, 0.1) is 0 Å². The van der Waals surface area contributed by atoms with Crippen LogP contribution < -0.4 is 5.73 Å². The van der Waals surface area contributed by atoms with E-state index in [4.69, 9.17) is 10.8 Å². The summed E-state index contributed by atoms with van der Waals surface area (Å²) >= 11 is 0. The van der Waals surface area contributed by atoms with E-state index in [9.17, 15) is 9.59 Å². The number of carbonyl (C=O) groups is 2. The molecule has 0 aromatic carbocycles. The Morgan fingerprint density at radius 3 is 2.62 bits per heavy atom. The first-order valence-electron chi connectivity index (χ1n) is 3.88. The second kappa shape index (κ2) is 6.38. The third-order valence-corrected chi connectivity index (χ3v) is 1.23. The van der Waals surface area contributed by atoms with Crippen LogP contribution in [0.15, 0.2) is 0 Å². The van der Waals surface area contributed by atoms with Crippen LogP contribution in [0.5, 0.6) is 0 Å². The lowest BCUT2D eigenvalue weighted by atomic mass is 10.2. The Bertz CT molecular complexity index is 182. The maximum atomic E-state index is 10.8. The molecule has 3 N–H and O–H groups in total. The van der Waals surface area contributed by atoms with E-state index >= 15 is 0 Å². The third-order valence-electron chi connectivity index (χ3n) is 1.23. The summed E-state index contributed by atoms with van der Waals surface area (Å²) in [4.78, 5) is 29.5. The second-order valence-electron chi connectivity index (χ2n) is 2.35. The van der Waals surface area contributed by atoms with Crippen molar-refractivity contribution in [1.29, 1.82) is 0 Å². The van der Waals surface area contributed by atoms with Gasteiger partial charge in [-0.2, -0.15) is 4.89 Å².